The minimum Gasteiger partial charge on any atom is -0.383 e. The third kappa shape index (κ3) is 3.58. The number of nitrogens with zero attached hydrogens (tertiary/aromatic N) is 2. The van der Waals surface area contributed by atoms with Crippen molar-refractivity contribution in [2.45, 2.75) is 6.92 Å². The summed E-state index contributed by atoms with van der Waals surface area (Å²) < 4.78 is 6.03. The van der Waals surface area contributed by atoms with Crippen LogP contribution < -0.4 is 5.32 Å². The Morgan fingerprint density at radius 2 is 2.14 bits per heavy atom. The van der Waals surface area contributed by atoms with Gasteiger partial charge in [-0.2, -0.15) is 0 Å². The molecule has 1 amide bonds. The number of amides is 1. The topological polar surface area (TPSA) is 70.2 Å². The maximum atomic E-state index is 12.7. The highest BCUT2D eigenvalue weighted by atomic mass is 32.1. The van der Waals surface area contributed by atoms with Crippen LogP contribution in [0.2, 0.25) is 0 Å². The number of aryl methyl sites for hydroxylation is 1. The molecule has 0 saturated heterocycles. The summed E-state index contributed by atoms with van der Waals surface area (Å²) in [4.78, 5) is 22.8. The van der Waals surface area contributed by atoms with Gasteiger partial charge >= 0.3 is 0 Å². The van der Waals surface area contributed by atoms with Gasteiger partial charge in [0.2, 0.25) is 0 Å². The van der Waals surface area contributed by atoms with E-state index >= 15 is 0 Å². The van der Waals surface area contributed by atoms with Crippen molar-refractivity contribution >= 4 is 49.7 Å². The fourth-order valence-corrected chi connectivity index (χ4v) is 4.25. The molecule has 1 aromatic carbocycles. The number of aromatic amines is 1. The summed E-state index contributed by atoms with van der Waals surface area (Å²) in [5.74, 6) is -0.0183. The zero-order chi connectivity index (χ0) is 19.7. The van der Waals surface area contributed by atoms with E-state index in [0.717, 1.165) is 38.2 Å². The largest absolute Gasteiger partial charge is 0.383 e. The first kappa shape index (κ1) is 18.5. The summed E-state index contributed by atoms with van der Waals surface area (Å²) in [6.45, 7) is 3.12. The highest BCUT2D eigenvalue weighted by Crippen LogP contribution is 2.33. The lowest BCUT2D eigenvalue weighted by Crippen LogP contribution is -2.29. The lowest BCUT2D eigenvalue weighted by Gasteiger charge is -2.15. The Bertz CT molecular complexity index is 1150. The molecule has 0 aliphatic carbocycles. The molecule has 0 unspecified atom stereocenters. The summed E-state index contributed by atoms with van der Waals surface area (Å²) in [7, 11) is 3.41. The molecular weight excluding hydrogens is 372 g/mol. The van der Waals surface area contributed by atoms with E-state index in [-0.39, 0.29) is 5.91 Å². The molecule has 6 nitrogen and oxygen atoms in total. The van der Waals surface area contributed by atoms with Gasteiger partial charge in [-0.3, -0.25) is 9.78 Å². The van der Waals surface area contributed by atoms with Crippen LogP contribution in [-0.2, 0) is 4.74 Å². The smallest absolute Gasteiger partial charge is 0.263 e. The zero-order valence-corrected chi connectivity index (χ0v) is 16.9. The van der Waals surface area contributed by atoms with Crippen LogP contribution in [0.25, 0.3) is 21.1 Å². The van der Waals surface area contributed by atoms with E-state index in [1.807, 2.05) is 25.1 Å². The number of rotatable bonds is 6. The number of carbonyl (C=O) groups is 1. The molecule has 4 rings (SSSR count). The predicted molar refractivity (Wildman–Crippen MR) is 115 cm³/mol. The van der Waals surface area contributed by atoms with Crippen molar-refractivity contribution in [1.82, 2.24) is 14.9 Å². The Hall–Kier alpha value is -2.90. The number of anilines is 2. The van der Waals surface area contributed by atoms with E-state index < -0.39 is 0 Å². The summed E-state index contributed by atoms with van der Waals surface area (Å²) in [6, 6.07) is 12.1. The molecule has 0 saturated carbocycles. The van der Waals surface area contributed by atoms with Crippen LogP contribution in [0, 0.1) is 6.92 Å². The van der Waals surface area contributed by atoms with E-state index in [0.29, 0.717) is 18.0 Å². The summed E-state index contributed by atoms with van der Waals surface area (Å²) in [5.41, 5.74) is 5.01. The number of H-pyrrole nitrogens is 1. The SMILES string of the molecule is COCCN(C)C(=O)c1cc2nccc(Nc3ccc4[nH]c(C)cc4c3)c2s1. The van der Waals surface area contributed by atoms with E-state index in [9.17, 15) is 4.79 Å². The van der Waals surface area contributed by atoms with E-state index in [1.54, 1.807) is 25.3 Å². The second-order valence-electron chi connectivity index (χ2n) is 6.78. The van der Waals surface area contributed by atoms with E-state index in [2.05, 4.69) is 33.5 Å². The maximum absolute atomic E-state index is 12.7. The molecule has 144 valence electrons. The van der Waals surface area contributed by atoms with Crippen molar-refractivity contribution in [3.05, 3.63) is 53.2 Å². The first-order valence-corrected chi connectivity index (χ1v) is 9.86. The maximum Gasteiger partial charge on any atom is 0.263 e. The number of methoxy groups -OCH3 is 1. The molecule has 0 bridgehead atoms. The number of hydrogen-bond donors (Lipinski definition) is 2. The molecule has 7 heteroatoms. The van der Waals surface area contributed by atoms with Gasteiger partial charge in [0.05, 0.1) is 27.4 Å². The van der Waals surface area contributed by atoms with Crippen molar-refractivity contribution in [3.8, 4) is 0 Å². The minimum absolute atomic E-state index is 0.0183. The van der Waals surface area contributed by atoms with Crippen molar-refractivity contribution < 1.29 is 9.53 Å². The monoisotopic (exact) mass is 394 g/mol. The van der Waals surface area contributed by atoms with Crippen LogP contribution in [0.5, 0.6) is 0 Å². The number of pyridine rings is 1. The van der Waals surface area contributed by atoms with Gasteiger partial charge in [-0.15, -0.1) is 11.3 Å². The van der Waals surface area contributed by atoms with Gasteiger partial charge in [-0.1, -0.05) is 0 Å². The number of fused-ring (bicyclic) bond motifs is 2. The van der Waals surface area contributed by atoms with Crippen LogP contribution in [0.4, 0.5) is 11.4 Å². The Labute approximate surface area is 167 Å². The second-order valence-corrected chi connectivity index (χ2v) is 7.83. The highest BCUT2D eigenvalue weighted by Gasteiger charge is 2.17. The van der Waals surface area contributed by atoms with Crippen LogP contribution in [0.15, 0.2) is 42.6 Å². The van der Waals surface area contributed by atoms with Gasteiger partial charge in [0.1, 0.15) is 0 Å². The van der Waals surface area contributed by atoms with Crippen LogP contribution in [0.1, 0.15) is 15.4 Å². The fraction of sp³-hybridized carbons (Fsp3) is 0.238. The third-order valence-corrected chi connectivity index (χ3v) is 5.78. The quantitative estimate of drug-likeness (QED) is 0.503. The lowest BCUT2D eigenvalue weighted by atomic mass is 10.2. The normalized spacial score (nSPS) is 11.2. The number of nitrogens with one attached hydrogen (secondary N) is 2. The highest BCUT2D eigenvalue weighted by molar-refractivity contribution is 7.21. The van der Waals surface area contributed by atoms with Crippen molar-refractivity contribution in [2.24, 2.45) is 0 Å². The zero-order valence-electron chi connectivity index (χ0n) is 16.1. The molecule has 28 heavy (non-hydrogen) atoms. The Morgan fingerprint density at radius 1 is 1.29 bits per heavy atom. The molecule has 0 aliphatic rings. The molecule has 3 heterocycles. The molecule has 2 N–H and O–H groups in total. The summed E-state index contributed by atoms with van der Waals surface area (Å²) in [6.07, 6.45) is 1.76. The van der Waals surface area contributed by atoms with Crippen molar-refractivity contribution in [1.29, 1.82) is 0 Å². The number of hydrogen-bond acceptors (Lipinski definition) is 5. The molecular formula is C21H22N4O2S. The third-order valence-electron chi connectivity index (χ3n) is 4.63. The molecule has 0 fully saturated rings. The van der Waals surface area contributed by atoms with Gasteiger partial charge in [0.15, 0.2) is 0 Å². The molecule has 0 radical (unpaired) electrons. The molecule has 0 atom stereocenters. The van der Waals surface area contributed by atoms with Crippen molar-refractivity contribution in [2.75, 3.05) is 32.6 Å². The predicted octanol–water partition coefficient (Wildman–Crippen LogP) is 4.55. The lowest BCUT2D eigenvalue weighted by molar-refractivity contribution is 0.0749. The number of likely N-dealkylation sites (N-methyl/N-ethyl adjacent to an activating group) is 1. The molecule has 4 aromatic rings. The van der Waals surface area contributed by atoms with Gasteiger partial charge < -0.3 is 19.9 Å². The number of carbonyl (C=O) groups excluding carboxylic acids is 1. The average Bonchev–Trinajstić information content (AvgIpc) is 3.28. The van der Waals surface area contributed by atoms with Gasteiger partial charge in [-0.25, -0.2) is 0 Å². The van der Waals surface area contributed by atoms with Gasteiger partial charge in [0, 0.05) is 49.2 Å². The molecule has 0 spiro atoms. The van der Waals surface area contributed by atoms with Crippen LogP contribution >= 0.6 is 11.3 Å². The Balaban J connectivity index is 1.63. The molecule has 3 aromatic heterocycles. The minimum atomic E-state index is -0.0183. The molecule has 0 aliphatic heterocycles. The van der Waals surface area contributed by atoms with Crippen LogP contribution in [-0.4, -0.2) is 48.1 Å². The first-order chi connectivity index (χ1) is 13.5. The van der Waals surface area contributed by atoms with E-state index in [1.165, 1.54) is 11.3 Å². The first-order valence-electron chi connectivity index (χ1n) is 9.04. The summed E-state index contributed by atoms with van der Waals surface area (Å²) in [5, 5.41) is 4.64. The van der Waals surface area contributed by atoms with Gasteiger partial charge in [0.25, 0.3) is 5.91 Å². The standard InChI is InChI=1S/C21H22N4O2S/c1-13-10-14-11-15(4-5-16(14)23-13)24-17-6-7-22-18-12-19(28-20(17)18)21(26)25(2)8-9-27-3/h4-7,10-12,23H,8-9H2,1-3H3,(H,22,24). The van der Waals surface area contributed by atoms with E-state index in [4.69, 9.17) is 4.74 Å². The van der Waals surface area contributed by atoms with Crippen molar-refractivity contribution in [3.63, 3.8) is 0 Å². The fourth-order valence-electron chi connectivity index (χ4n) is 3.17. The number of thiophene rings is 1. The Morgan fingerprint density at radius 3 is 2.96 bits per heavy atom. The second kappa shape index (κ2) is 7.61. The number of ether oxygens (including phenoxy) is 1. The number of aromatic nitrogens is 2. The van der Waals surface area contributed by atoms with Gasteiger partial charge in [-0.05, 0) is 43.3 Å². The van der Waals surface area contributed by atoms with Crippen LogP contribution in [0.3, 0.4) is 0 Å². The Kier molecular flexibility index (Phi) is 5.02. The summed E-state index contributed by atoms with van der Waals surface area (Å²) >= 11 is 1.46. The number of benzene rings is 1. The average molecular weight is 395 g/mol.